The molecular formula is C9H14N2O2. The van der Waals surface area contributed by atoms with Gasteiger partial charge in [-0.25, -0.2) is 0 Å². The number of pyridine rings is 1. The Morgan fingerprint density at radius 3 is 3.00 bits per heavy atom. The number of hydrogen-bond acceptors (Lipinski definition) is 4. The standard InChI is InChI=1S/C9H14N2O2/c1-10-5-9(13)7-2-3-11-8(4-7)6-12/h2-4,9-10,12-13H,5-6H2,1H3. The lowest BCUT2D eigenvalue weighted by atomic mass is 10.1. The maximum atomic E-state index is 9.57. The number of nitrogens with zero attached hydrogens (tertiary/aromatic N) is 1. The molecule has 0 bridgehead atoms. The smallest absolute Gasteiger partial charge is 0.0915 e. The number of rotatable bonds is 4. The van der Waals surface area contributed by atoms with E-state index < -0.39 is 6.10 Å². The van der Waals surface area contributed by atoms with Crippen LogP contribution in [0.2, 0.25) is 0 Å². The van der Waals surface area contributed by atoms with Crippen LogP contribution in [0.4, 0.5) is 0 Å². The molecule has 1 unspecified atom stereocenters. The molecule has 1 rings (SSSR count). The van der Waals surface area contributed by atoms with Crippen LogP contribution in [0.25, 0.3) is 0 Å². The van der Waals surface area contributed by atoms with Crippen LogP contribution in [0.3, 0.4) is 0 Å². The van der Waals surface area contributed by atoms with Crippen molar-refractivity contribution in [2.24, 2.45) is 0 Å². The van der Waals surface area contributed by atoms with Gasteiger partial charge in [-0.2, -0.15) is 0 Å². The topological polar surface area (TPSA) is 65.4 Å². The summed E-state index contributed by atoms with van der Waals surface area (Å²) in [5.74, 6) is 0. The lowest BCUT2D eigenvalue weighted by Gasteiger charge is -2.10. The van der Waals surface area contributed by atoms with Crippen LogP contribution in [-0.4, -0.2) is 28.8 Å². The minimum atomic E-state index is -0.543. The zero-order valence-electron chi connectivity index (χ0n) is 7.57. The summed E-state index contributed by atoms with van der Waals surface area (Å²) in [5, 5.41) is 21.3. The molecule has 0 aliphatic carbocycles. The Labute approximate surface area is 77.2 Å². The van der Waals surface area contributed by atoms with E-state index >= 15 is 0 Å². The van der Waals surface area contributed by atoms with E-state index in [0.717, 1.165) is 5.56 Å². The van der Waals surface area contributed by atoms with Crippen molar-refractivity contribution in [1.82, 2.24) is 10.3 Å². The average Bonchev–Trinajstić information content (AvgIpc) is 2.18. The molecule has 0 amide bonds. The summed E-state index contributed by atoms with van der Waals surface area (Å²) >= 11 is 0. The van der Waals surface area contributed by atoms with Gasteiger partial charge in [-0.1, -0.05) is 0 Å². The van der Waals surface area contributed by atoms with Gasteiger partial charge in [0.1, 0.15) is 0 Å². The maximum absolute atomic E-state index is 9.57. The minimum Gasteiger partial charge on any atom is -0.390 e. The third-order valence-corrected chi connectivity index (χ3v) is 1.78. The summed E-state index contributed by atoms with van der Waals surface area (Å²) in [6, 6.07) is 3.43. The molecule has 1 atom stereocenters. The van der Waals surface area contributed by atoms with Crippen LogP contribution in [0.15, 0.2) is 18.3 Å². The quantitative estimate of drug-likeness (QED) is 0.604. The molecule has 0 radical (unpaired) electrons. The number of aromatic nitrogens is 1. The van der Waals surface area contributed by atoms with Crippen molar-refractivity contribution in [3.8, 4) is 0 Å². The Hall–Kier alpha value is -0.970. The van der Waals surface area contributed by atoms with Gasteiger partial charge in [-0.05, 0) is 24.7 Å². The zero-order valence-corrected chi connectivity index (χ0v) is 7.57. The second kappa shape index (κ2) is 4.91. The van der Waals surface area contributed by atoms with Crippen LogP contribution in [0.5, 0.6) is 0 Å². The van der Waals surface area contributed by atoms with E-state index in [2.05, 4.69) is 10.3 Å². The number of likely N-dealkylation sites (N-methyl/N-ethyl adjacent to an activating group) is 1. The van der Waals surface area contributed by atoms with Crippen molar-refractivity contribution >= 4 is 0 Å². The molecule has 0 fully saturated rings. The van der Waals surface area contributed by atoms with Crippen LogP contribution in [0, 0.1) is 0 Å². The highest BCUT2D eigenvalue weighted by Gasteiger charge is 2.06. The van der Waals surface area contributed by atoms with Crippen molar-refractivity contribution in [2.45, 2.75) is 12.7 Å². The molecule has 3 N–H and O–H groups in total. The minimum absolute atomic E-state index is 0.0971. The van der Waals surface area contributed by atoms with E-state index in [1.54, 1.807) is 25.4 Å². The number of aliphatic hydroxyl groups excluding tert-OH is 2. The Morgan fingerprint density at radius 1 is 1.62 bits per heavy atom. The van der Waals surface area contributed by atoms with Crippen molar-refractivity contribution in [1.29, 1.82) is 0 Å². The second-order valence-electron chi connectivity index (χ2n) is 2.81. The summed E-state index contributed by atoms with van der Waals surface area (Å²) in [4.78, 5) is 3.92. The van der Waals surface area contributed by atoms with Crippen LogP contribution >= 0.6 is 0 Å². The molecule has 1 heterocycles. The highest BCUT2D eigenvalue weighted by molar-refractivity contribution is 5.18. The van der Waals surface area contributed by atoms with E-state index in [4.69, 9.17) is 5.11 Å². The van der Waals surface area contributed by atoms with Crippen LogP contribution in [0.1, 0.15) is 17.4 Å². The normalized spacial score (nSPS) is 12.8. The predicted octanol–water partition coefficient (Wildman–Crippen LogP) is -0.173. The summed E-state index contributed by atoms with van der Waals surface area (Å²) in [6.07, 6.45) is 1.04. The molecule has 4 nitrogen and oxygen atoms in total. The highest BCUT2D eigenvalue weighted by atomic mass is 16.3. The first kappa shape index (κ1) is 10.1. The molecule has 0 aromatic carbocycles. The fourth-order valence-electron chi connectivity index (χ4n) is 1.10. The van der Waals surface area contributed by atoms with E-state index in [0.29, 0.717) is 12.2 Å². The van der Waals surface area contributed by atoms with Gasteiger partial charge >= 0.3 is 0 Å². The molecule has 0 spiro atoms. The van der Waals surface area contributed by atoms with Crippen molar-refractivity contribution in [3.05, 3.63) is 29.6 Å². The van der Waals surface area contributed by atoms with E-state index in [9.17, 15) is 5.11 Å². The van der Waals surface area contributed by atoms with Crippen molar-refractivity contribution in [3.63, 3.8) is 0 Å². The highest BCUT2D eigenvalue weighted by Crippen LogP contribution is 2.11. The average molecular weight is 182 g/mol. The van der Waals surface area contributed by atoms with Gasteiger partial charge < -0.3 is 15.5 Å². The molecular weight excluding hydrogens is 168 g/mol. The zero-order chi connectivity index (χ0) is 9.68. The lowest BCUT2D eigenvalue weighted by molar-refractivity contribution is 0.177. The van der Waals surface area contributed by atoms with Gasteiger partial charge in [-0.15, -0.1) is 0 Å². The molecule has 1 aromatic heterocycles. The molecule has 72 valence electrons. The summed E-state index contributed by atoms with van der Waals surface area (Å²) in [5.41, 5.74) is 1.35. The largest absolute Gasteiger partial charge is 0.390 e. The SMILES string of the molecule is CNCC(O)c1ccnc(CO)c1. The van der Waals surface area contributed by atoms with Crippen molar-refractivity contribution < 1.29 is 10.2 Å². The fraction of sp³-hybridized carbons (Fsp3) is 0.444. The molecule has 0 aliphatic heterocycles. The number of aliphatic hydroxyl groups is 2. The maximum Gasteiger partial charge on any atom is 0.0915 e. The molecule has 0 saturated carbocycles. The molecule has 0 aliphatic rings. The summed E-state index contributed by atoms with van der Waals surface area (Å²) < 4.78 is 0. The first-order valence-corrected chi connectivity index (χ1v) is 4.16. The number of hydrogen-bond donors (Lipinski definition) is 3. The second-order valence-corrected chi connectivity index (χ2v) is 2.81. The molecule has 1 aromatic rings. The van der Waals surface area contributed by atoms with E-state index in [1.165, 1.54) is 0 Å². The third-order valence-electron chi connectivity index (χ3n) is 1.78. The first-order chi connectivity index (χ1) is 6.27. The number of nitrogens with one attached hydrogen (secondary N) is 1. The van der Waals surface area contributed by atoms with E-state index in [1.807, 2.05) is 0 Å². The Kier molecular flexibility index (Phi) is 3.82. The van der Waals surface area contributed by atoms with Crippen molar-refractivity contribution in [2.75, 3.05) is 13.6 Å². The Bertz CT molecular complexity index is 266. The molecule has 0 saturated heterocycles. The summed E-state index contributed by atoms with van der Waals surface area (Å²) in [7, 11) is 1.78. The molecule has 13 heavy (non-hydrogen) atoms. The molecule has 4 heteroatoms. The lowest BCUT2D eigenvalue weighted by Crippen LogP contribution is -2.16. The van der Waals surface area contributed by atoms with E-state index in [-0.39, 0.29) is 6.61 Å². The van der Waals surface area contributed by atoms with Gasteiger partial charge in [-0.3, -0.25) is 4.98 Å². The monoisotopic (exact) mass is 182 g/mol. The van der Waals surface area contributed by atoms with Gasteiger partial charge in [0.2, 0.25) is 0 Å². The van der Waals surface area contributed by atoms with Gasteiger partial charge in [0.15, 0.2) is 0 Å². The first-order valence-electron chi connectivity index (χ1n) is 4.16. The Balaban J connectivity index is 2.75. The van der Waals surface area contributed by atoms with Gasteiger partial charge in [0, 0.05) is 12.7 Å². The third kappa shape index (κ3) is 2.77. The Morgan fingerprint density at radius 2 is 2.38 bits per heavy atom. The summed E-state index contributed by atoms with van der Waals surface area (Å²) in [6.45, 7) is 0.398. The van der Waals surface area contributed by atoms with Crippen LogP contribution < -0.4 is 5.32 Å². The fourth-order valence-corrected chi connectivity index (χ4v) is 1.10. The van der Waals surface area contributed by atoms with Gasteiger partial charge in [0.25, 0.3) is 0 Å². The predicted molar refractivity (Wildman–Crippen MR) is 49.0 cm³/mol. The van der Waals surface area contributed by atoms with Crippen LogP contribution in [-0.2, 0) is 6.61 Å². The van der Waals surface area contributed by atoms with Gasteiger partial charge in [0.05, 0.1) is 18.4 Å².